The predicted molar refractivity (Wildman–Crippen MR) is 66.6 cm³/mol. The second kappa shape index (κ2) is 4.47. The van der Waals surface area contributed by atoms with Crippen molar-refractivity contribution in [3.63, 3.8) is 0 Å². The van der Waals surface area contributed by atoms with Gasteiger partial charge in [0.15, 0.2) is 29.2 Å². The zero-order chi connectivity index (χ0) is 13.4. The van der Waals surface area contributed by atoms with E-state index in [0.29, 0.717) is 5.56 Å². The maximum atomic E-state index is 13.2. The Bertz CT molecular complexity index is 678. The van der Waals surface area contributed by atoms with Crippen LogP contribution >= 0.6 is 11.6 Å². The highest BCUT2D eigenvalue weighted by Gasteiger charge is 2.22. The fraction of sp³-hybridized carbons (Fsp3) is 0.0833. The summed E-state index contributed by atoms with van der Waals surface area (Å²) < 4.78 is 18.3. The van der Waals surface area contributed by atoms with Crippen LogP contribution in [0.15, 0.2) is 24.3 Å². The minimum atomic E-state index is -0.407. The predicted octanol–water partition coefficient (Wildman–Crippen LogP) is 2.27. The van der Waals surface area contributed by atoms with Crippen molar-refractivity contribution in [1.29, 1.82) is 0 Å². The molecule has 1 N–H and O–H groups in total. The van der Waals surface area contributed by atoms with Crippen molar-refractivity contribution in [2.75, 3.05) is 11.9 Å². The number of hydrogen-bond acceptors (Lipinski definition) is 4. The van der Waals surface area contributed by atoms with Crippen LogP contribution in [0, 0.1) is 5.82 Å². The van der Waals surface area contributed by atoms with E-state index in [9.17, 15) is 9.18 Å². The zero-order valence-electron chi connectivity index (χ0n) is 9.48. The minimum absolute atomic E-state index is 0.0734. The minimum Gasteiger partial charge on any atom is -0.477 e. The smallest absolute Gasteiger partial charge is 0.263 e. The number of carbonyl (C=O) groups is 1. The van der Waals surface area contributed by atoms with E-state index in [-0.39, 0.29) is 35.1 Å². The molecule has 1 aliphatic heterocycles. The van der Waals surface area contributed by atoms with Crippen LogP contribution in [0.1, 0.15) is 0 Å². The first kappa shape index (κ1) is 11.9. The second-order valence-corrected chi connectivity index (χ2v) is 4.22. The number of amides is 1. The number of rotatable bonds is 1. The first-order valence-electron chi connectivity index (χ1n) is 5.39. The van der Waals surface area contributed by atoms with Crippen molar-refractivity contribution in [2.24, 2.45) is 0 Å². The van der Waals surface area contributed by atoms with Crippen molar-refractivity contribution in [1.82, 2.24) is 9.97 Å². The molecule has 0 fully saturated rings. The summed E-state index contributed by atoms with van der Waals surface area (Å²) in [6.07, 6.45) is 0. The lowest BCUT2D eigenvalue weighted by Gasteiger charge is -2.18. The Balaban J connectivity index is 2.11. The Morgan fingerprint density at radius 2 is 2.21 bits per heavy atom. The van der Waals surface area contributed by atoms with Gasteiger partial charge in [-0.3, -0.25) is 4.79 Å². The van der Waals surface area contributed by atoms with Crippen LogP contribution in [0.2, 0.25) is 5.15 Å². The first-order chi connectivity index (χ1) is 9.13. The Kier molecular flexibility index (Phi) is 2.79. The van der Waals surface area contributed by atoms with Crippen LogP contribution in [0.5, 0.6) is 5.75 Å². The third-order valence-corrected chi connectivity index (χ3v) is 2.77. The number of nitrogens with zero attached hydrogens (tertiary/aromatic N) is 2. The number of benzene rings is 1. The Labute approximate surface area is 112 Å². The Hall–Kier alpha value is -2.21. The molecule has 0 unspecified atom stereocenters. The molecule has 96 valence electrons. The normalized spacial score (nSPS) is 13.5. The largest absolute Gasteiger partial charge is 0.477 e. The molecule has 0 radical (unpaired) electrons. The second-order valence-electron chi connectivity index (χ2n) is 3.86. The van der Waals surface area contributed by atoms with Gasteiger partial charge < -0.3 is 10.1 Å². The van der Waals surface area contributed by atoms with Gasteiger partial charge in [-0.15, -0.1) is 0 Å². The van der Waals surface area contributed by atoms with Crippen LogP contribution in [0.3, 0.4) is 0 Å². The van der Waals surface area contributed by atoms with Gasteiger partial charge in [-0.2, -0.15) is 0 Å². The number of fused-ring (bicyclic) bond motifs is 1. The number of nitrogens with one attached hydrogen (secondary N) is 1. The van der Waals surface area contributed by atoms with E-state index < -0.39 is 5.82 Å². The Morgan fingerprint density at radius 3 is 3.00 bits per heavy atom. The van der Waals surface area contributed by atoms with Crippen LogP contribution < -0.4 is 10.1 Å². The molecule has 1 aliphatic rings. The highest BCUT2D eigenvalue weighted by molar-refractivity contribution is 6.31. The van der Waals surface area contributed by atoms with Gasteiger partial charge in [0.2, 0.25) is 0 Å². The number of ether oxygens (including phenoxy) is 1. The summed E-state index contributed by atoms with van der Waals surface area (Å²) in [7, 11) is 0. The number of aromatic nitrogens is 2. The number of hydrogen-bond donors (Lipinski definition) is 1. The van der Waals surface area contributed by atoms with Gasteiger partial charge >= 0.3 is 0 Å². The van der Waals surface area contributed by atoms with Crippen molar-refractivity contribution in [3.8, 4) is 17.1 Å². The number of carbonyl (C=O) groups excluding carboxylic acids is 1. The van der Waals surface area contributed by atoms with Crippen molar-refractivity contribution in [2.45, 2.75) is 0 Å². The van der Waals surface area contributed by atoms with E-state index in [4.69, 9.17) is 16.3 Å². The van der Waals surface area contributed by atoms with E-state index >= 15 is 0 Å². The van der Waals surface area contributed by atoms with Crippen LogP contribution in [0.4, 0.5) is 10.2 Å². The van der Waals surface area contributed by atoms with Crippen molar-refractivity contribution < 1.29 is 13.9 Å². The molecule has 0 saturated carbocycles. The molecule has 2 aromatic rings. The van der Waals surface area contributed by atoms with E-state index in [1.54, 1.807) is 6.07 Å². The molecular weight excluding hydrogens is 273 g/mol. The maximum absolute atomic E-state index is 13.2. The number of halogens is 2. The lowest BCUT2D eigenvalue weighted by Crippen LogP contribution is -2.26. The van der Waals surface area contributed by atoms with Gasteiger partial charge in [0.1, 0.15) is 5.82 Å². The summed E-state index contributed by atoms with van der Waals surface area (Å²) in [6, 6.07) is 5.78. The molecule has 1 amide bonds. The summed E-state index contributed by atoms with van der Waals surface area (Å²) in [5.41, 5.74) is 0.463. The lowest BCUT2D eigenvalue weighted by molar-refractivity contribution is -0.118. The van der Waals surface area contributed by atoms with Crippen LogP contribution in [-0.2, 0) is 4.79 Å². The zero-order valence-corrected chi connectivity index (χ0v) is 10.2. The molecule has 0 aliphatic carbocycles. The summed E-state index contributed by atoms with van der Waals surface area (Å²) in [5, 5.41) is 2.61. The molecule has 3 rings (SSSR count). The van der Waals surface area contributed by atoms with Gasteiger partial charge in [0.25, 0.3) is 5.91 Å². The van der Waals surface area contributed by atoms with E-state index in [2.05, 4.69) is 15.3 Å². The molecule has 0 atom stereocenters. The standard InChI is InChI=1S/C12H7ClFN3O2/c13-10-9-12(15-8(18)5-19-9)17-11(16-10)6-2-1-3-7(14)4-6/h1-4H,5H2,(H,15,16,17,18). The molecule has 1 aromatic heterocycles. The topological polar surface area (TPSA) is 64.1 Å². The summed E-state index contributed by atoms with van der Waals surface area (Å²) in [4.78, 5) is 19.4. The summed E-state index contributed by atoms with van der Waals surface area (Å²) >= 11 is 5.96. The fourth-order valence-corrected chi connectivity index (χ4v) is 1.92. The number of anilines is 1. The molecule has 2 heterocycles. The average molecular weight is 280 g/mol. The van der Waals surface area contributed by atoms with Crippen molar-refractivity contribution >= 4 is 23.3 Å². The van der Waals surface area contributed by atoms with Gasteiger partial charge in [0.05, 0.1) is 0 Å². The van der Waals surface area contributed by atoms with E-state index in [0.717, 1.165) is 0 Å². The molecular formula is C12H7ClFN3O2. The average Bonchev–Trinajstić information content (AvgIpc) is 2.38. The molecule has 0 spiro atoms. The van der Waals surface area contributed by atoms with Crippen LogP contribution in [0.25, 0.3) is 11.4 Å². The van der Waals surface area contributed by atoms with E-state index in [1.165, 1.54) is 18.2 Å². The molecule has 0 bridgehead atoms. The third-order valence-electron chi connectivity index (χ3n) is 2.51. The summed E-state index contributed by atoms with van der Waals surface area (Å²) in [6.45, 7) is -0.130. The quantitative estimate of drug-likeness (QED) is 0.813. The SMILES string of the molecule is O=C1COc2c(Cl)nc(-c3cccc(F)c3)nc2N1. The highest BCUT2D eigenvalue weighted by atomic mass is 35.5. The van der Waals surface area contributed by atoms with Gasteiger partial charge in [-0.1, -0.05) is 23.7 Å². The highest BCUT2D eigenvalue weighted by Crippen LogP contribution is 2.34. The maximum Gasteiger partial charge on any atom is 0.263 e. The van der Waals surface area contributed by atoms with Gasteiger partial charge in [0, 0.05) is 5.56 Å². The molecule has 0 saturated heterocycles. The van der Waals surface area contributed by atoms with Gasteiger partial charge in [-0.05, 0) is 12.1 Å². The van der Waals surface area contributed by atoms with E-state index in [1.807, 2.05) is 0 Å². The molecule has 19 heavy (non-hydrogen) atoms. The van der Waals surface area contributed by atoms with Gasteiger partial charge in [-0.25, -0.2) is 14.4 Å². The lowest BCUT2D eigenvalue weighted by atomic mass is 10.2. The molecule has 1 aromatic carbocycles. The van der Waals surface area contributed by atoms with Crippen molar-refractivity contribution in [3.05, 3.63) is 35.2 Å². The third kappa shape index (κ3) is 2.22. The monoisotopic (exact) mass is 279 g/mol. The summed E-state index contributed by atoms with van der Waals surface area (Å²) in [5.74, 6) is -0.103. The first-order valence-corrected chi connectivity index (χ1v) is 5.77. The molecule has 7 heteroatoms. The fourth-order valence-electron chi connectivity index (χ4n) is 1.70. The Morgan fingerprint density at radius 1 is 1.37 bits per heavy atom. The van der Waals surface area contributed by atoms with Crippen LogP contribution in [-0.4, -0.2) is 22.5 Å². The molecule has 5 nitrogen and oxygen atoms in total.